The van der Waals surface area contributed by atoms with Crippen LogP contribution in [0.3, 0.4) is 0 Å². The van der Waals surface area contributed by atoms with Gasteiger partial charge in [0.15, 0.2) is 0 Å². The minimum Gasteiger partial charge on any atom is -0.314 e. The number of likely N-dealkylation sites (tertiary alicyclic amines) is 1. The molecule has 0 radical (unpaired) electrons. The Bertz CT molecular complexity index is 286. The van der Waals surface area contributed by atoms with Crippen molar-refractivity contribution in [2.24, 2.45) is 11.3 Å². The van der Waals surface area contributed by atoms with Crippen molar-refractivity contribution >= 4 is 0 Å². The van der Waals surface area contributed by atoms with Gasteiger partial charge in [0.05, 0.1) is 0 Å². The zero-order valence-corrected chi connectivity index (χ0v) is 13.0. The Morgan fingerprint density at radius 2 is 1.79 bits per heavy atom. The smallest absolute Gasteiger partial charge is 0.0100 e. The van der Waals surface area contributed by atoms with Crippen LogP contribution in [0.15, 0.2) is 0 Å². The standard InChI is InChI=1S/C17H32N2/c1-17(2)9-3-5-15(13-17)19-11-7-14(8-12-19)16-6-4-10-18-16/h14-16,18H,3-13H2,1-2H3. The van der Waals surface area contributed by atoms with Crippen LogP contribution in [0.25, 0.3) is 0 Å². The van der Waals surface area contributed by atoms with Gasteiger partial charge in [-0.3, -0.25) is 0 Å². The first-order valence-electron chi connectivity index (χ1n) is 8.61. The summed E-state index contributed by atoms with van der Waals surface area (Å²) >= 11 is 0. The van der Waals surface area contributed by atoms with Gasteiger partial charge in [-0.15, -0.1) is 0 Å². The maximum absolute atomic E-state index is 3.72. The molecule has 110 valence electrons. The molecule has 3 aliphatic rings. The lowest BCUT2D eigenvalue weighted by molar-refractivity contribution is 0.0600. The van der Waals surface area contributed by atoms with Gasteiger partial charge in [0, 0.05) is 12.1 Å². The number of hydrogen-bond acceptors (Lipinski definition) is 2. The molecule has 2 aliphatic heterocycles. The van der Waals surface area contributed by atoms with Crippen molar-refractivity contribution in [1.82, 2.24) is 10.2 Å². The van der Waals surface area contributed by atoms with Crippen LogP contribution in [0.5, 0.6) is 0 Å². The predicted octanol–water partition coefficient (Wildman–Crippen LogP) is 3.42. The summed E-state index contributed by atoms with van der Waals surface area (Å²) in [6.45, 7) is 8.93. The van der Waals surface area contributed by atoms with Crippen LogP contribution in [-0.2, 0) is 0 Å². The number of piperidine rings is 1. The fourth-order valence-corrected chi connectivity index (χ4v) is 4.77. The van der Waals surface area contributed by atoms with Gasteiger partial charge < -0.3 is 10.2 Å². The maximum Gasteiger partial charge on any atom is 0.0100 e. The summed E-state index contributed by atoms with van der Waals surface area (Å²) in [5.74, 6) is 0.968. The van der Waals surface area contributed by atoms with E-state index in [0.29, 0.717) is 5.41 Å². The van der Waals surface area contributed by atoms with Crippen LogP contribution in [-0.4, -0.2) is 36.6 Å². The van der Waals surface area contributed by atoms with E-state index in [0.717, 1.165) is 18.0 Å². The molecule has 2 atom stereocenters. The first-order valence-corrected chi connectivity index (χ1v) is 8.61. The van der Waals surface area contributed by atoms with Gasteiger partial charge >= 0.3 is 0 Å². The third kappa shape index (κ3) is 3.33. The van der Waals surface area contributed by atoms with Crippen molar-refractivity contribution in [3.05, 3.63) is 0 Å². The van der Waals surface area contributed by atoms with E-state index in [1.54, 1.807) is 0 Å². The average molecular weight is 264 g/mol. The SMILES string of the molecule is CC1(C)CCCC(N2CCC(C3CCCN3)CC2)C1. The summed E-state index contributed by atoms with van der Waals surface area (Å²) in [4.78, 5) is 2.83. The summed E-state index contributed by atoms with van der Waals surface area (Å²) in [7, 11) is 0. The fourth-order valence-electron chi connectivity index (χ4n) is 4.77. The molecular formula is C17H32N2. The number of rotatable bonds is 2. The van der Waals surface area contributed by atoms with Gasteiger partial charge in [-0.2, -0.15) is 0 Å². The molecule has 0 aromatic rings. The Kier molecular flexibility index (Phi) is 4.19. The Morgan fingerprint density at radius 1 is 1.00 bits per heavy atom. The van der Waals surface area contributed by atoms with E-state index in [4.69, 9.17) is 0 Å². The Labute approximate surface area is 119 Å². The summed E-state index contributed by atoms with van der Waals surface area (Å²) in [5, 5.41) is 3.72. The van der Waals surface area contributed by atoms with Gasteiger partial charge in [0.2, 0.25) is 0 Å². The molecule has 3 rings (SSSR count). The van der Waals surface area contributed by atoms with E-state index in [1.165, 1.54) is 71.0 Å². The minimum atomic E-state index is 0.590. The molecule has 1 aliphatic carbocycles. The van der Waals surface area contributed by atoms with Crippen LogP contribution in [0.2, 0.25) is 0 Å². The third-order valence-electron chi connectivity index (χ3n) is 5.94. The van der Waals surface area contributed by atoms with E-state index < -0.39 is 0 Å². The van der Waals surface area contributed by atoms with Crippen molar-refractivity contribution in [2.45, 2.75) is 77.3 Å². The highest BCUT2D eigenvalue weighted by Gasteiger charge is 2.34. The monoisotopic (exact) mass is 264 g/mol. The molecule has 3 fully saturated rings. The first kappa shape index (κ1) is 13.9. The van der Waals surface area contributed by atoms with Crippen LogP contribution in [0.4, 0.5) is 0 Å². The van der Waals surface area contributed by atoms with Gasteiger partial charge in [0.1, 0.15) is 0 Å². The molecule has 0 aromatic heterocycles. The molecule has 2 heteroatoms. The molecule has 2 heterocycles. The fraction of sp³-hybridized carbons (Fsp3) is 1.00. The van der Waals surface area contributed by atoms with Crippen molar-refractivity contribution in [2.75, 3.05) is 19.6 Å². The lowest BCUT2D eigenvalue weighted by Crippen LogP contribution is -2.47. The summed E-state index contributed by atoms with van der Waals surface area (Å²) in [5.41, 5.74) is 0.590. The van der Waals surface area contributed by atoms with Crippen molar-refractivity contribution in [3.8, 4) is 0 Å². The van der Waals surface area contributed by atoms with Gasteiger partial charge in [-0.25, -0.2) is 0 Å². The zero-order chi connectivity index (χ0) is 13.3. The maximum atomic E-state index is 3.72. The van der Waals surface area contributed by atoms with Crippen molar-refractivity contribution in [1.29, 1.82) is 0 Å². The van der Waals surface area contributed by atoms with E-state index in [9.17, 15) is 0 Å². The lowest BCUT2D eigenvalue weighted by Gasteiger charge is -2.44. The van der Waals surface area contributed by atoms with Gasteiger partial charge in [0.25, 0.3) is 0 Å². The van der Waals surface area contributed by atoms with E-state index in [2.05, 4.69) is 24.1 Å². The molecular weight excluding hydrogens is 232 g/mol. The summed E-state index contributed by atoms with van der Waals surface area (Å²) in [6.07, 6.45) is 11.5. The lowest BCUT2D eigenvalue weighted by atomic mass is 9.74. The second kappa shape index (κ2) is 5.73. The highest BCUT2D eigenvalue weighted by atomic mass is 15.2. The summed E-state index contributed by atoms with van der Waals surface area (Å²) < 4.78 is 0. The molecule has 1 N–H and O–H groups in total. The molecule has 2 nitrogen and oxygen atoms in total. The second-order valence-electron chi connectivity index (χ2n) is 7.99. The number of nitrogens with zero attached hydrogens (tertiary/aromatic N) is 1. The predicted molar refractivity (Wildman–Crippen MR) is 81.4 cm³/mol. The molecule has 19 heavy (non-hydrogen) atoms. The highest BCUT2D eigenvalue weighted by molar-refractivity contribution is 4.90. The van der Waals surface area contributed by atoms with Crippen LogP contribution < -0.4 is 5.32 Å². The van der Waals surface area contributed by atoms with Crippen LogP contribution in [0.1, 0.15) is 65.2 Å². The van der Waals surface area contributed by atoms with E-state index >= 15 is 0 Å². The zero-order valence-electron chi connectivity index (χ0n) is 13.0. The molecule has 2 saturated heterocycles. The Balaban J connectivity index is 1.49. The third-order valence-corrected chi connectivity index (χ3v) is 5.94. The van der Waals surface area contributed by atoms with Gasteiger partial charge in [-0.1, -0.05) is 20.3 Å². The van der Waals surface area contributed by atoms with Crippen molar-refractivity contribution < 1.29 is 0 Å². The van der Waals surface area contributed by atoms with Crippen molar-refractivity contribution in [3.63, 3.8) is 0 Å². The largest absolute Gasteiger partial charge is 0.314 e. The molecule has 2 unspecified atom stereocenters. The summed E-state index contributed by atoms with van der Waals surface area (Å²) in [6, 6.07) is 1.74. The average Bonchev–Trinajstić information content (AvgIpc) is 2.92. The number of nitrogens with one attached hydrogen (secondary N) is 1. The molecule has 1 saturated carbocycles. The number of hydrogen-bond donors (Lipinski definition) is 1. The highest BCUT2D eigenvalue weighted by Crippen LogP contribution is 2.38. The topological polar surface area (TPSA) is 15.3 Å². The Morgan fingerprint density at radius 3 is 2.42 bits per heavy atom. The van der Waals surface area contributed by atoms with Gasteiger partial charge in [-0.05, 0) is 75.9 Å². The Hall–Kier alpha value is -0.0800. The normalized spacial score (nSPS) is 37.6. The second-order valence-corrected chi connectivity index (χ2v) is 7.99. The molecule has 0 aromatic carbocycles. The molecule has 0 spiro atoms. The first-order chi connectivity index (χ1) is 9.14. The quantitative estimate of drug-likeness (QED) is 0.822. The van der Waals surface area contributed by atoms with Crippen LogP contribution >= 0.6 is 0 Å². The molecule has 0 bridgehead atoms. The molecule has 0 amide bonds. The van der Waals surface area contributed by atoms with Crippen LogP contribution in [0, 0.1) is 11.3 Å². The minimum absolute atomic E-state index is 0.590. The van der Waals surface area contributed by atoms with E-state index in [1.807, 2.05) is 0 Å². The van der Waals surface area contributed by atoms with E-state index in [-0.39, 0.29) is 0 Å².